The van der Waals surface area contributed by atoms with Gasteiger partial charge >= 0.3 is 0 Å². The van der Waals surface area contributed by atoms with E-state index >= 15 is 0 Å². The number of rotatable bonds is 7. The summed E-state index contributed by atoms with van der Waals surface area (Å²) < 4.78 is 0. The molecule has 0 aliphatic carbocycles. The van der Waals surface area contributed by atoms with Crippen LogP contribution in [0.25, 0.3) is 10.8 Å². The van der Waals surface area contributed by atoms with Crippen LogP contribution in [0.5, 0.6) is 0 Å². The van der Waals surface area contributed by atoms with E-state index in [1.165, 1.54) is 34.7 Å². The highest BCUT2D eigenvalue weighted by molar-refractivity contribution is 5.91. The fourth-order valence-electron chi connectivity index (χ4n) is 2.64. The SMILES string of the molecule is CCCCc1ccc2cc(C=O)c(CCCC)cc2c1. The minimum Gasteiger partial charge on any atom is -0.298 e. The first-order valence-electron chi connectivity index (χ1n) is 7.79. The van der Waals surface area contributed by atoms with Crippen molar-refractivity contribution in [3.05, 3.63) is 47.0 Å². The van der Waals surface area contributed by atoms with Crippen LogP contribution in [0.2, 0.25) is 0 Å². The Kier molecular flexibility index (Phi) is 5.34. The number of carbonyl (C=O) groups excluding carboxylic acids is 1. The van der Waals surface area contributed by atoms with Gasteiger partial charge in [-0.05, 0) is 53.6 Å². The molecule has 0 aliphatic rings. The van der Waals surface area contributed by atoms with Crippen molar-refractivity contribution in [3.63, 3.8) is 0 Å². The molecule has 106 valence electrons. The molecule has 0 saturated carbocycles. The Hall–Kier alpha value is -1.63. The van der Waals surface area contributed by atoms with Crippen molar-refractivity contribution in [3.8, 4) is 0 Å². The normalized spacial score (nSPS) is 10.9. The van der Waals surface area contributed by atoms with Gasteiger partial charge in [0, 0.05) is 5.56 Å². The number of unbranched alkanes of at least 4 members (excludes halogenated alkanes) is 2. The number of aryl methyl sites for hydroxylation is 2. The number of hydrogen-bond donors (Lipinski definition) is 0. The molecule has 0 amide bonds. The maximum atomic E-state index is 11.2. The van der Waals surface area contributed by atoms with Crippen LogP contribution < -0.4 is 0 Å². The lowest BCUT2D eigenvalue weighted by Gasteiger charge is -2.09. The molecule has 0 aromatic heterocycles. The Bertz CT molecular complexity index is 584. The number of aldehydes is 1. The van der Waals surface area contributed by atoms with E-state index in [2.05, 4.69) is 38.1 Å². The Labute approximate surface area is 122 Å². The summed E-state index contributed by atoms with van der Waals surface area (Å²) in [4.78, 5) is 11.2. The summed E-state index contributed by atoms with van der Waals surface area (Å²) in [7, 11) is 0. The number of hydrogen-bond acceptors (Lipinski definition) is 1. The number of carbonyl (C=O) groups is 1. The molecule has 2 aromatic carbocycles. The summed E-state index contributed by atoms with van der Waals surface area (Å²) in [5.41, 5.74) is 3.45. The molecule has 1 nitrogen and oxygen atoms in total. The van der Waals surface area contributed by atoms with Crippen LogP contribution in [0.15, 0.2) is 30.3 Å². The van der Waals surface area contributed by atoms with E-state index < -0.39 is 0 Å². The molecule has 2 rings (SSSR count). The van der Waals surface area contributed by atoms with E-state index in [9.17, 15) is 4.79 Å². The highest BCUT2D eigenvalue weighted by Gasteiger charge is 2.05. The second-order valence-electron chi connectivity index (χ2n) is 5.56. The van der Waals surface area contributed by atoms with E-state index in [1.54, 1.807) is 0 Å². The third-order valence-corrected chi connectivity index (χ3v) is 3.91. The van der Waals surface area contributed by atoms with Crippen molar-refractivity contribution >= 4 is 17.1 Å². The number of benzene rings is 2. The van der Waals surface area contributed by atoms with Crippen molar-refractivity contribution in [2.75, 3.05) is 0 Å². The van der Waals surface area contributed by atoms with Crippen LogP contribution >= 0.6 is 0 Å². The predicted octanol–water partition coefficient (Wildman–Crippen LogP) is 5.34. The standard InChI is InChI=1S/C19H24O/c1-3-5-7-15-9-10-17-13-19(14-20)16(8-6-4-2)12-18(17)11-15/h9-14H,3-8H2,1-2H3. The van der Waals surface area contributed by atoms with Gasteiger partial charge < -0.3 is 0 Å². The minimum absolute atomic E-state index is 0.854. The smallest absolute Gasteiger partial charge is 0.150 e. The first-order chi connectivity index (χ1) is 9.78. The summed E-state index contributed by atoms with van der Waals surface area (Å²) in [6.45, 7) is 4.41. The third-order valence-electron chi connectivity index (χ3n) is 3.91. The van der Waals surface area contributed by atoms with Gasteiger partial charge in [0.15, 0.2) is 0 Å². The molecule has 0 bridgehead atoms. The fraction of sp³-hybridized carbons (Fsp3) is 0.421. The molecule has 0 spiro atoms. The Morgan fingerprint density at radius 2 is 1.65 bits per heavy atom. The molecule has 0 fully saturated rings. The van der Waals surface area contributed by atoms with E-state index in [4.69, 9.17) is 0 Å². The zero-order valence-electron chi connectivity index (χ0n) is 12.6. The van der Waals surface area contributed by atoms with Crippen molar-refractivity contribution in [2.45, 2.75) is 52.4 Å². The molecule has 0 atom stereocenters. The lowest BCUT2D eigenvalue weighted by atomic mass is 9.96. The lowest BCUT2D eigenvalue weighted by molar-refractivity contribution is 0.112. The molecule has 0 unspecified atom stereocenters. The Morgan fingerprint density at radius 3 is 2.35 bits per heavy atom. The van der Waals surface area contributed by atoms with Crippen molar-refractivity contribution in [1.82, 2.24) is 0 Å². The van der Waals surface area contributed by atoms with Crippen LogP contribution in [-0.2, 0) is 12.8 Å². The van der Waals surface area contributed by atoms with E-state index in [1.807, 2.05) is 6.07 Å². The van der Waals surface area contributed by atoms with Crippen LogP contribution in [-0.4, -0.2) is 6.29 Å². The Balaban J connectivity index is 2.37. The van der Waals surface area contributed by atoms with Crippen LogP contribution in [0.3, 0.4) is 0 Å². The second-order valence-corrected chi connectivity index (χ2v) is 5.56. The highest BCUT2D eigenvalue weighted by Crippen LogP contribution is 2.23. The van der Waals surface area contributed by atoms with Crippen molar-refractivity contribution < 1.29 is 4.79 Å². The Morgan fingerprint density at radius 1 is 0.900 bits per heavy atom. The molecule has 0 heterocycles. The molecule has 0 N–H and O–H groups in total. The molecule has 0 radical (unpaired) electrons. The summed E-state index contributed by atoms with van der Waals surface area (Å²) >= 11 is 0. The second kappa shape index (κ2) is 7.23. The molecular formula is C19H24O. The summed E-state index contributed by atoms with van der Waals surface area (Å²) in [5.74, 6) is 0. The van der Waals surface area contributed by atoms with Gasteiger partial charge in [-0.1, -0.05) is 51.0 Å². The topological polar surface area (TPSA) is 17.1 Å². The van der Waals surface area contributed by atoms with Crippen molar-refractivity contribution in [1.29, 1.82) is 0 Å². The largest absolute Gasteiger partial charge is 0.298 e. The van der Waals surface area contributed by atoms with E-state index in [-0.39, 0.29) is 0 Å². The lowest BCUT2D eigenvalue weighted by Crippen LogP contribution is -1.94. The van der Waals surface area contributed by atoms with Gasteiger partial charge in [-0.25, -0.2) is 0 Å². The first-order valence-corrected chi connectivity index (χ1v) is 7.79. The van der Waals surface area contributed by atoms with Gasteiger partial charge in [-0.3, -0.25) is 4.79 Å². The summed E-state index contributed by atoms with van der Waals surface area (Å²) in [6.07, 6.45) is 7.90. The molecule has 0 aliphatic heterocycles. The average molecular weight is 268 g/mol. The zero-order valence-corrected chi connectivity index (χ0v) is 12.6. The molecule has 2 aromatic rings. The van der Waals surface area contributed by atoms with E-state index in [0.29, 0.717) is 0 Å². The van der Waals surface area contributed by atoms with Crippen LogP contribution in [0.1, 0.15) is 61.0 Å². The molecule has 20 heavy (non-hydrogen) atoms. The first kappa shape index (κ1) is 14.8. The van der Waals surface area contributed by atoms with E-state index in [0.717, 1.165) is 37.5 Å². The minimum atomic E-state index is 0.854. The molecular weight excluding hydrogens is 244 g/mol. The third kappa shape index (κ3) is 3.47. The summed E-state index contributed by atoms with van der Waals surface area (Å²) in [6, 6.07) is 10.9. The quantitative estimate of drug-likeness (QED) is 0.620. The van der Waals surface area contributed by atoms with Gasteiger partial charge in [-0.2, -0.15) is 0 Å². The van der Waals surface area contributed by atoms with Gasteiger partial charge in [-0.15, -0.1) is 0 Å². The molecule has 1 heteroatoms. The van der Waals surface area contributed by atoms with Gasteiger partial charge in [0.05, 0.1) is 0 Å². The van der Waals surface area contributed by atoms with Crippen LogP contribution in [0.4, 0.5) is 0 Å². The monoisotopic (exact) mass is 268 g/mol. The van der Waals surface area contributed by atoms with Gasteiger partial charge in [0.25, 0.3) is 0 Å². The number of fused-ring (bicyclic) bond motifs is 1. The molecule has 0 saturated heterocycles. The maximum absolute atomic E-state index is 11.2. The average Bonchev–Trinajstić information content (AvgIpc) is 2.49. The van der Waals surface area contributed by atoms with Crippen molar-refractivity contribution in [2.24, 2.45) is 0 Å². The predicted molar refractivity (Wildman–Crippen MR) is 86.6 cm³/mol. The highest BCUT2D eigenvalue weighted by atomic mass is 16.1. The maximum Gasteiger partial charge on any atom is 0.150 e. The fourth-order valence-corrected chi connectivity index (χ4v) is 2.64. The van der Waals surface area contributed by atoms with Gasteiger partial charge in [0.1, 0.15) is 6.29 Å². The van der Waals surface area contributed by atoms with Crippen LogP contribution in [0, 0.1) is 0 Å². The summed E-state index contributed by atoms with van der Waals surface area (Å²) in [5, 5.41) is 2.45. The van der Waals surface area contributed by atoms with Gasteiger partial charge in [0.2, 0.25) is 0 Å². The zero-order chi connectivity index (χ0) is 14.4.